The van der Waals surface area contributed by atoms with Gasteiger partial charge >= 0.3 is 24.2 Å². The number of fused-ring (bicyclic) bond motifs is 3. The van der Waals surface area contributed by atoms with Gasteiger partial charge in [0, 0.05) is 11.6 Å². The van der Waals surface area contributed by atoms with Crippen molar-refractivity contribution < 1.29 is 48.3 Å². The fourth-order valence-corrected chi connectivity index (χ4v) is 2.66. The van der Waals surface area contributed by atoms with E-state index in [1.54, 1.807) is 0 Å². The third-order valence-corrected chi connectivity index (χ3v) is 4.16. The van der Waals surface area contributed by atoms with Crippen LogP contribution in [0.5, 0.6) is 0 Å². The van der Waals surface area contributed by atoms with E-state index < -0.39 is 46.7 Å². The van der Waals surface area contributed by atoms with Crippen molar-refractivity contribution in [2.45, 2.75) is 24.2 Å². The Morgan fingerprint density at radius 2 is 1.44 bits per heavy atom. The molecule has 0 atom stereocenters. The second-order valence-electron chi connectivity index (χ2n) is 6.21. The Morgan fingerprint density at radius 3 is 2.00 bits per heavy atom. The summed E-state index contributed by atoms with van der Waals surface area (Å²) < 4.78 is 139. The summed E-state index contributed by atoms with van der Waals surface area (Å²) in [7, 11) is 0. The lowest BCUT2D eigenvalue weighted by Gasteiger charge is -2.23. The lowest BCUT2D eigenvalue weighted by atomic mass is 10.1. The topological polar surface area (TPSA) is 82.0 Å². The molecule has 4 heterocycles. The van der Waals surface area contributed by atoms with Crippen LogP contribution in [0.25, 0.3) is 28.3 Å². The van der Waals surface area contributed by atoms with Crippen LogP contribution in [0.4, 0.5) is 43.9 Å². The van der Waals surface area contributed by atoms with Gasteiger partial charge in [0.05, 0.1) is 0 Å². The van der Waals surface area contributed by atoms with E-state index in [2.05, 4.69) is 25.1 Å². The minimum Gasteiger partial charge on any atom is -0.422 e. The summed E-state index contributed by atoms with van der Waals surface area (Å²) in [6.07, 6.45) is -11.0. The predicted molar refractivity (Wildman–Crippen MR) is 81.5 cm³/mol. The molecule has 0 amide bonds. The third kappa shape index (κ3) is 3.10. The number of nitrogens with zero attached hydrogens (tertiary/aromatic N) is 6. The van der Waals surface area contributed by atoms with E-state index in [1.165, 1.54) is 0 Å². The van der Waals surface area contributed by atoms with Crippen LogP contribution in [-0.2, 0) is 11.8 Å². The van der Waals surface area contributed by atoms with Crippen LogP contribution in [0.3, 0.4) is 0 Å². The van der Waals surface area contributed by atoms with Gasteiger partial charge in [0.15, 0.2) is 0 Å². The van der Waals surface area contributed by atoms with E-state index in [0.29, 0.717) is 10.5 Å². The first-order chi connectivity index (χ1) is 14.6. The summed E-state index contributed by atoms with van der Waals surface area (Å²) in [5.41, 5.74) is -3.97. The van der Waals surface area contributed by atoms with Gasteiger partial charge in [-0.2, -0.15) is 43.9 Å². The Kier molecular flexibility index (Phi) is 4.40. The largest absolute Gasteiger partial charge is 0.461 e. The monoisotopic (exact) mass is 474 g/mol. The van der Waals surface area contributed by atoms with Crippen LogP contribution in [0.1, 0.15) is 11.5 Å². The number of pyridine rings is 1. The SMILES string of the molecule is FC(F)(F)C(F)(F)c1nc(C(F)(F)C(F)(F)F)c2ccc3nc(-c4nnco4)cn3c2n1. The molecular weight excluding hydrogens is 470 g/mol. The molecule has 17 heteroatoms. The number of halogens is 10. The summed E-state index contributed by atoms with van der Waals surface area (Å²) in [5, 5.41) is 5.67. The smallest absolute Gasteiger partial charge is 0.422 e. The van der Waals surface area contributed by atoms with Crippen molar-refractivity contribution in [2.75, 3.05) is 0 Å². The van der Waals surface area contributed by atoms with Crippen molar-refractivity contribution in [3.63, 3.8) is 0 Å². The maximum Gasteiger partial charge on any atom is 0.461 e. The van der Waals surface area contributed by atoms with Crippen LogP contribution < -0.4 is 0 Å². The highest BCUT2D eigenvalue weighted by Gasteiger charge is 2.64. The Labute approximate surface area is 167 Å². The Balaban J connectivity index is 2.11. The lowest BCUT2D eigenvalue weighted by Crippen LogP contribution is -2.39. The Morgan fingerprint density at radius 1 is 0.781 bits per heavy atom. The highest BCUT2D eigenvalue weighted by atomic mass is 19.4. The molecule has 0 unspecified atom stereocenters. The summed E-state index contributed by atoms with van der Waals surface area (Å²) in [6.45, 7) is 0. The molecule has 0 spiro atoms. The summed E-state index contributed by atoms with van der Waals surface area (Å²) in [5.74, 6) is -14.7. The maximum absolute atomic E-state index is 14.1. The number of rotatable bonds is 3. The normalized spacial score (nSPS) is 13.9. The molecule has 7 nitrogen and oxygen atoms in total. The van der Waals surface area contributed by atoms with E-state index in [4.69, 9.17) is 4.42 Å². The number of hydrogen-bond acceptors (Lipinski definition) is 6. The van der Waals surface area contributed by atoms with Gasteiger partial charge in [0.1, 0.15) is 22.7 Å². The van der Waals surface area contributed by atoms with E-state index >= 15 is 0 Å². The minimum absolute atomic E-state index is 0.193. The third-order valence-electron chi connectivity index (χ3n) is 4.16. The fraction of sp³-hybridized carbons (Fsp3) is 0.267. The second kappa shape index (κ2) is 6.49. The number of aromatic nitrogens is 6. The minimum atomic E-state index is -6.39. The van der Waals surface area contributed by atoms with Crippen molar-refractivity contribution in [1.29, 1.82) is 0 Å². The maximum atomic E-state index is 14.1. The fourth-order valence-electron chi connectivity index (χ4n) is 2.66. The number of imidazole rings is 1. The van der Waals surface area contributed by atoms with Crippen LogP contribution in [-0.4, -0.2) is 41.9 Å². The molecule has 0 bridgehead atoms. The molecule has 0 aliphatic rings. The molecule has 0 aromatic carbocycles. The Bertz CT molecular complexity index is 1310. The van der Waals surface area contributed by atoms with Crippen LogP contribution in [0.2, 0.25) is 0 Å². The van der Waals surface area contributed by atoms with Crippen molar-refractivity contribution in [3.05, 3.63) is 36.2 Å². The van der Waals surface area contributed by atoms with E-state index in [1.807, 2.05) is 0 Å². The van der Waals surface area contributed by atoms with E-state index in [9.17, 15) is 43.9 Å². The molecule has 0 N–H and O–H groups in total. The quantitative estimate of drug-likeness (QED) is 0.403. The molecule has 32 heavy (non-hydrogen) atoms. The van der Waals surface area contributed by atoms with Crippen LogP contribution >= 0.6 is 0 Å². The standard InChI is InChI=1S/C15H4F10N6O/c16-12(17,14(20,21)22)8-5-1-2-7-27-6(10-30-26-4-32-10)3-31(7)9(5)29-11(28-8)13(18,19)15(23,24)25/h1-4H. The van der Waals surface area contributed by atoms with Gasteiger partial charge in [-0.15, -0.1) is 10.2 Å². The lowest BCUT2D eigenvalue weighted by molar-refractivity contribution is -0.296. The van der Waals surface area contributed by atoms with Crippen molar-refractivity contribution in [3.8, 4) is 11.6 Å². The molecule has 0 aliphatic heterocycles. The zero-order valence-electron chi connectivity index (χ0n) is 14.7. The Hall–Kier alpha value is -3.53. The molecule has 4 rings (SSSR count). The number of hydrogen-bond donors (Lipinski definition) is 0. The second-order valence-corrected chi connectivity index (χ2v) is 6.21. The zero-order chi connectivity index (χ0) is 23.7. The van der Waals surface area contributed by atoms with Gasteiger partial charge in [-0.25, -0.2) is 15.0 Å². The molecule has 4 aromatic rings. The first-order valence-electron chi connectivity index (χ1n) is 8.01. The van der Waals surface area contributed by atoms with E-state index in [0.717, 1.165) is 18.7 Å². The average molecular weight is 474 g/mol. The van der Waals surface area contributed by atoms with Crippen LogP contribution in [0.15, 0.2) is 29.1 Å². The van der Waals surface area contributed by atoms with E-state index in [-0.39, 0.29) is 17.2 Å². The van der Waals surface area contributed by atoms with Gasteiger partial charge in [-0.05, 0) is 12.1 Å². The first kappa shape index (κ1) is 21.7. The predicted octanol–water partition coefficient (Wildman–Crippen LogP) is 4.64. The summed E-state index contributed by atoms with van der Waals surface area (Å²) in [6, 6.07) is 1.48. The molecule has 170 valence electrons. The summed E-state index contributed by atoms with van der Waals surface area (Å²) in [4.78, 5) is 9.16. The molecular formula is C15H4F10N6O. The molecule has 0 saturated carbocycles. The van der Waals surface area contributed by atoms with Gasteiger partial charge in [-0.1, -0.05) is 0 Å². The van der Waals surface area contributed by atoms with Gasteiger partial charge in [-0.3, -0.25) is 4.40 Å². The van der Waals surface area contributed by atoms with Gasteiger partial charge < -0.3 is 4.42 Å². The molecule has 0 saturated heterocycles. The van der Waals surface area contributed by atoms with Crippen molar-refractivity contribution >= 4 is 16.7 Å². The molecule has 0 fully saturated rings. The number of alkyl halides is 10. The van der Waals surface area contributed by atoms with Gasteiger partial charge in [0.25, 0.3) is 5.89 Å². The van der Waals surface area contributed by atoms with Crippen molar-refractivity contribution in [1.82, 2.24) is 29.5 Å². The highest BCUT2D eigenvalue weighted by Crippen LogP contribution is 2.48. The molecule has 4 aromatic heterocycles. The van der Waals surface area contributed by atoms with Gasteiger partial charge in [0.2, 0.25) is 12.2 Å². The first-order valence-corrected chi connectivity index (χ1v) is 8.01. The summed E-state index contributed by atoms with van der Waals surface area (Å²) >= 11 is 0. The molecule has 0 aliphatic carbocycles. The zero-order valence-corrected chi connectivity index (χ0v) is 14.7. The highest BCUT2D eigenvalue weighted by molar-refractivity contribution is 5.82. The average Bonchev–Trinajstić information content (AvgIpc) is 3.34. The molecule has 0 radical (unpaired) electrons. The van der Waals surface area contributed by atoms with Crippen LogP contribution in [0, 0.1) is 0 Å². The van der Waals surface area contributed by atoms with Crippen molar-refractivity contribution in [2.24, 2.45) is 0 Å².